The van der Waals surface area contributed by atoms with Crippen LogP contribution in [-0.4, -0.2) is 50.9 Å². The fourth-order valence-electron chi connectivity index (χ4n) is 2.66. The first kappa shape index (κ1) is 16.0. The van der Waals surface area contributed by atoms with E-state index in [2.05, 4.69) is 10.2 Å². The largest absolute Gasteiger partial charge is 0.379 e. The minimum Gasteiger partial charge on any atom is -0.379 e. The van der Waals surface area contributed by atoms with Crippen LogP contribution in [0.4, 0.5) is 0 Å². The van der Waals surface area contributed by atoms with Crippen LogP contribution in [0.25, 0.3) is 5.69 Å². The molecule has 0 radical (unpaired) electrons. The van der Waals surface area contributed by atoms with E-state index in [9.17, 15) is 4.79 Å². The number of hydrogen-bond donors (Lipinski definition) is 0. The maximum absolute atomic E-state index is 12.2. The molecule has 122 valence electrons. The number of hydrogen-bond acceptors (Lipinski definition) is 4. The van der Waals surface area contributed by atoms with E-state index in [0.29, 0.717) is 19.8 Å². The highest BCUT2D eigenvalue weighted by Crippen LogP contribution is 2.18. The van der Waals surface area contributed by atoms with Gasteiger partial charge in [-0.15, -0.1) is 11.6 Å². The number of benzene rings is 1. The van der Waals surface area contributed by atoms with Crippen molar-refractivity contribution >= 4 is 17.5 Å². The molecule has 1 aliphatic rings. The van der Waals surface area contributed by atoms with Crippen LogP contribution in [0.15, 0.2) is 30.3 Å². The first-order valence-electron chi connectivity index (χ1n) is 7.60. The summed E-state index contributed by atoms with van der Waals surface area (Å²) in [7, 11) is 0. The normalized spacial score (nSPS) is 17.4. The molecule has 0 N–H and O–H groups in total. The molecular weight excluding hydrogens is 316 g/mol. The molecule has 6 nitrogen and oxygen atoms in total. The number of aryl methyl sites for hydroxylation is 1. The Morgan fingerprint density at radius 2 is 2.17 bits per heavy atom. The van der Waals surface area contributed by atoms with Gasteiger partial charge in [-0.25, -0.2) is 0 Å². The Morgan fingerprint density at radius 3 is 2.83 bits per heavy atom. The summed E-state index contributed by atoms with van der Waals surface area (Å²) in [6.45, 7) is 3.52. The highest BCUT2D eigenvalue weighted by molar-refractivity contribution is 6.27. The van der Waals surface area contributed by atoms with Gasteiger partial charge in [0.2, 0.25) is 5.91 Å². The second-order valence-electron chi connectivity index (χ2n) is 5.53. The summed E-state index contributed by atoms with van der Waals surface area (Å²) >= 11 is 5.76. The number of rotatable bonds is 5. The lowest BCUT2D eigenvalue weighted by Gasteiger charge is -2.26. The molecule has 0 spiro atoms. The van der Waals surface area contributed by atoms with Crippen molar-refractivity contribution in [2.45, 2.75) is 25.9 Å². The molecule has 1 saturated heterocycles. The molecule has 0 bridgehead atoms. The van der Waals surface area contributed by atoms with Gasteiger partial charge in [-0.05, 0) is 25.5 Å². The summed E-state index contributed by atoms with van der Waals surface area (Å²) in [4.78, 5) is 15.5. The molecule has 3 rings (SSSR count). The third kappa shape index (κ3) is 3.54. The zero-order chi connectivity index (χ0) is 16.2. The van der Waals surface area contributed by atoms with E-state index in [1.807, 2.05) is 37.3 Å². The number of para-hydroxylation sites is 1. The van der Waals surface area contributed by atoms with E-state index in [0.717, 1.165) is 23.5 Å². The average Bonchev–Trinajstić information content (AvgIpc) is 3.23. The maximum atomic E-state index is 12.2. The molecule has 0 aliphatic carbocycles. The Balaban J connectivity index is 1.83. The minimum atomic E-state index is -0.101. The number of carbonyl (C=O) groups excluding carboxylic acids is 1. The Bertz CT molecular complexity index is 668. The van der Waals surface area contributed by atoms with Crippen molar-refractivity contribution in [1.82, 2.24) is 19.9 Å². The molecule has 1 fully saturated rings. The second kappa shape index (κ2) is 7.10. The smallest absolute Gasteiger partial charge is 0.238 e. The molecule has 0 saturated carbocycles. The first-order valence-corrected chi connectivity index (χ1v) is 8.14. The number of aromatic nitrogens is 3. The Morgan fingerprint density at radius 1 is 1.39 bits per heavy atom. The predicted molar refractivity (Wildman–Crippen MR) is 86.6 cm³/mol. The summed E-state index contributed by atoms with van der Waals surface area (Å²) in [5.41, 5.74) is 2.47. The van der Waals surface area contributed by atoms with Crippen LogP contribution < -0.4 is 0 Å². The minimum absolute atomic E-state index is 0.0393. The van der Waals surface area contributed by atoms with E-state index >= 15 is 0 Å². The number of ether oxygens (including phenoxy) is 1. The molecule has 1 atom stereocenters. The average molecular weight is 335 g/mol. The van der Waals surface area contributed by atoms with Gasteiger partial charge in [0.05, 0.1) is 30.6 Å². The SMILES string of the molecule is Cc1nn(-c2ccccc2)nc1CN(C(=O)CCl)[C@@H]1CCOC1. The molecule has 23 heavy (non-hydrogen) atoms. The highest BCUT2D eigenvalue weighted by atomic mass is 35.5. The van der Waals surface area contributed by atoms with Crippen molar-refractivity contribution in [2.24, 2.45) is 0 Å². The van der Waals surface area contributed by atoms with Gasteiger partial charge in [0.1, 0.15) is 11.6 Å². The van der Waals surface area contributed by atoms with Gasteiger partial charge in [-0.1, -0.05) is 18.2 Å². The van der Waals surface area contributed by atoms with Gasteiger partial charge < -0.3 is 9.64 Å². The lowest BCUT2D eigenvalue weighted by molar-refractivity contribution is -0.131. The van der Waals surface area contributed by atoms with Crippen molar-refractivity contribution in [1.29, 1.82) is 0 Å². The van der Waals surface area contributed by atoms with Crippen LogP contribution in [0, 0.1) is 6.92 Å². The van der Waals surface area contributed by atoms with Crippen molar-refractivity contribution in [3.05, 3.63) is 41.7 Å². The van der Waals surface area contributed by atoms with E-state index < -0.39 is 0 Å². The summed E-state index contributed by atoms with van der Waals surface area (Å²) in [6, 6.07) is 9.76. The van der Waals surface area contributed by atoms with Crippen LogP contribution >= 0.6 is 11.6 Å². The van der Waals surface area contributed by atoms with Gasteiger partial charge in [-0.3, -0.25) is 4.79 Å². The molecule has 2 heterocycles. The third-order valence-electron chi connectivity index (χ3n) is 3.97. The van der Waals surface area contributed by atoms with Gasteiger partial charge in [0, 0.05) is 6.61 Å². The van der Waals surface area contributed by atoms with Gasteiger partial charge in [0.15, 0.2) is 0 Å². The number of carbonyl (C=O) groups is 1. The lowest BCUT2D eigenvalue weighted by atomic mass is 10.2. The predicted octanol–water partition coefficient (Wildman–Crippen LogP) is 1.93. The quantitative estimate of drug-likeness (QED) is 0.784. The van der Waals surface area contributed by atoms with Crippen LogP contribution in [0.3, 0.4) is 0 Å². The van der Waals surface area contributed by atoms with Gasteiger partial charge in [0.25, 0.3) is 0 Å². The summed E-state index contributed by atoms with van der Waals surface area (Å²) in [5, 5.41) is 8.98. The fourth-order valence-corrected chi connectivity index (χ4v) is 2.81. The Labute approximate surface area is 140 Å². The Kier molecular flexibility index (Phi) is 4.93. The highest BCUT2D eigenvalue weighted by Gasteiger charge is 2.28. The molecule has 1 aromatic carbocycles. The van der Waals surface area contributed by atoms with Crippen LogP contribution in [0.5, 0.6) is 0 Å². The number of amides is 1. The molecule has 2 aromatic rings. The number of nitrogens with zero attached hydrogens (tertiary/aromatic N) is 4. The van der Waals surface area contributed by atoms with Crippen molar-refractivity contribution in [3.63, 3.8) is 0 Å². The molecule has 1 aliphatic heterocycles. The topological polar surface area (TPSA) is 60.2 Å². The van der Waals surface area contributed by atoms with Crippen molar-refractivity contribution < 1.29 is 9.53 Å². The molecule has 7 heteroatoms. The van der Waals surface area contributed by atoms with Crippen LogP contribution in [0.2, 0.25) is 0 Å². The van der Waals surface area contributed by atoms with Gasteiger partial charge in [-0.2, -0.15) is 15.0 Å². The van der Waals surface area contributed by atoms with Crippen LogP contribution in [0.1, 0.15) is 17.8 Å². The zero-order valence-corrected chi connectivity index (χ0v) is 13.7. The monoisotopic (exact) mass is 334 g/mol. The van der Waals surface area contributed by atoms with E-state index in [-0.39, 0.29) is 17.8 Å². The Hall–Kier alpha value is -1.92. The fraction of sp³-hybridized carbons (Fsp3) is 0.438. The summed E-state index contributed by atoms with van der Waals surface area (Å²) < 4.78 is 5.40. The summed E-state index contributed by atoms with van der Waals surface area (Å²) in [6.07, 6.45) is 0.828. The van der Waals surface area contributed by atoms with Crippen molar-refractivity contribution in [2.75, 3.05) is 19.1 Å². The molecule has 1 amide bonds. The standard InChI is InChI=1S/C16H19ClN4O2/c1-12-15(19-21(18-12)13-5-3-2-4-6-13)10-20(16(22)9-17)14-7-8-23-11-14/h2-6,14H,7-11H2,1H3/t14-/m1/s1. The number of halogens is 1. The van der Waals surface area contributed by atoms with E-state index in [1.165, 1.54) is 0 Å². The van der Waals surface area contributed by atoms with Crippen LogP contribution in [-0.2, 0) is 16.1 Å². The second-order valence-corrected chi connectivity index (χ2v) is 5.80. The zero-order valence-electron chi connectivity index (χ0n) is 13.0. The lowest BCUT2D eigenvalue weighted by Crippen LogP contribution is -2.41. The maximum Gasteiger partial charge on any atom is 0.238 e. The first-order chi connectivity index (χ1) is 11.2. The van der Waals surface area contributed by atoms with E-state index in [1.54, 1.807) is 9.70 Å². The third-order valence-corrected chi connectivity index (χ3v) is 4.19. The summed E-state index contributed by atoms with van der Waals surface area (Å²) in [5.74, 6) is -0.140. The van der Waals surface area contributed by atoms with E-state index in [4.69, 9.17) is 16.3 Å². The molecular formula is C16H19ClN4O2. The van der Waals surface area contributed by atoms with Gasteiger partial charge >= 0.3 is 0 Å². The van der Waals surface area contributed by atoms with Crippen molar-refractivity contribution in [3.8, 4) is 5.69 Å². The number of alkyl halides is 1. The molecule has 1 aromatic heterocycles. The molecule has 0 unspecified atom stereocenters.